The number of aliphatic hydroxyl groups is 1. The number of esters is 1. The van der Waals surface area contributed by atoms with Crippen molar-refractivity contribution in [3.8, 4) is 0 Å². The van der Waals surface area contributed by atoms with Crippen LogP contribution in [0.2, 0.25) is 0 Å². The Morgan fingerprint density at radius 2 is 2.14 bits per heavy atom. The first-order valence-electron chi connectivity index (χ1n) is 8.07. The minimum atomic E-state index is -1.04. The molecule has 128 valence electrons. The van der Waals surface area contributed by atoms with Gasteiger partial charge in [0, 0.05) is 13.5 Å². The summed E-state index contributed by atoms with van der Waals surface area (Å²) in [6.45, 7) is 7.99. The van der Waals surface area contributed by atoms with Crippen LogP contribution in [-0.2, 0) is 19.0 Å². The van der Waals surface area contributed by atoms with Crippen molar-refractivity contribution in [2.24, 2.45) is 0 Å². The van der Waals surface area contributed by atoms with Crippen LogP contribution in [0.25, 0.3) is 0 Å². The summed E-state index contributed by atoms with van der Waals surface area (Å²) in [5.74, 6) is -0.369. The van der Waals surface area contributed by atoms with E-state index in [9.17, 15) is 9.90 Å². The van der Waals surface area contributed by atoms with E-state index in [1.165, 1.54) is 6.92 Å². The third-order valence-corrected chi connectivity index (χ3v) is 3.75. The predicted molar refractivity (Wildman–Crippen MR) is 84.4 cm³/mol. The molecule has 0 aliphatic carbocycles. The van der Waals surface area contributed by atoms with Gasteiger partial charge in [-0.3, -0.25) is 4.79 Å². The summed E-state index contributed by atoms with van der Waals surface area (Å²) < 4.78 is 16.4. The monoisotopic (exact) mass is 314 g/mol. The highest BCUT2D eigenvalue weighted by Gasteiger charge is 2.29. The van der Waals surface area contributed by atoms with E-state index in [0.29, 0.717) is 13.0 Å². The van der Waals surface area contributed by atoms with E-state index in [4.69, 9.17) is 14.2 Å². The number of hydrogen-bond acceptors (Lipinski definition) is 5. The van der Waals surface area contributed by atoms with Gasteiger partial charge in [-0.05, 0) is 52.9 Å². The fraction of sp³-hybridized carbons (Fsp3) is 0.824. The van der Waals surface area contributed by atoms with Gasteiger partial charge in [-0.25, -0.2) is 0 Å². The van der Waals surface area contributed by atoms with Crippen molar-refractivity contribution < 1.29 is 24.1 Å². The smallest absolute Gasteiger partial charge is 0.303 e. The molecule has 2 atom stereocenters. The van der Waals surface area contributed by atoms with Crippen LogP contribution in [0.5, 0.6) is 0 Å². The van der Waals surface area contributed by atoms with Crippen molar-refractivity contribution >= 4 is 5.97 Å². The van der Waals surface area contributed by atoms with Crippen LogP contribution in [0.15, 0.2) is 11.6 Å². The minimum Gasteiger partial charge on any atom is -0.460 e. The minimum absolute atomic E-state index is 0.0806. The molecule has 1 rings (SSSR count). The zero-order valence-corrected chi connectivity index (χ0v) is 14.3. The molecule has 0 spiro atoms. The summed E-state index contributed by atoms with van der Waals surface area (Å²) in [5, 5.41) is 10.0. The SMILES string of the molecule is CC(=O)O[C@@H](CC/C(C)=C/CO[C@@H]1CCCCO1)C(C)(C)O. The molecule has 1 saturated heterocycles. The van der Waals surface area contributed by atoms with Gasteiger partial charge in [0.1, 0.15) is 6.10 Å². The van der Waals surface area contributed by atoms with Crippen molar-refractivity contribution in [1.82, 2.24) is 0 Å². The van der Waals surface area contributed by atoms with Gasteiger partial charge in [-0.2, -0.15) is 0 Å². The number of allylic oxidation sites excluding steroid dienone is 1. The fourth-order valence-electron chi connectivity index (χ4n) is 2.36. The Kier molecular flexibility index (Phi) is 8.07. The zero-order chi connectivity index (χ0) is 16.6. The van der Waals surface area contributed by atoms with Gasteiger partial charge in [0.05, 0.1) is 12.2 Å². The third kappa shape index (κ3) is 7.92. The lowest BCUT2D eigenvalue weighted by Gasteiger charge is -2.28. The van der Waals surface area contributed by atoms with Gasteiger partial charge in [0.2, 0.25) is 0 Å². The number of rotatable bonds is 8. The fourth-order valence-corrected chi connectivity index (χ4v) is 2.36. The predicted octanol–water partition coefficient (Wildman–Crippen LogP) is 2.96. The molecule has 1 fully saturated rings. The number of carbonyl (C=O) groups is 1. The van der Waals surface area contributed by atoms with Crippen LogP contribution >= 0.6 is 0 Å². The molecular formula is C17H30O5. The maximum absolute atomic E-state index is 11.1. The molecule has 0 aromatic rings. The molecule has 1 heterocycles. The Labute approximate surface area is 133 Å². The topological polar surface area (TPSA) is 65.0 Å². The van der Waals surface area contributed by atoms with Gasteiger partial charge >= 0.3 is 5.97 Å². The van der Waals surface area contributed by atoms with Crippen LogP contribution in [-0.4, -0.2) is 42.3 Å². The van der Waals surface area contributed by atoms with Crippen molar-refractivity contribution in [3.05, 3.63) is 11.6 Å². The normalized spacial score (nSPS) is 21.5. The van der Waals surface area contributed by atoms with Crippen LogP contribution in [0.4, 0.5) is 0 Å². The van der Waals surface area contributed by atoms with E-state index in [1.54, 1.807) is 13.8 Å². The van der Waals surface area contributed by atoms with Gasteiger partial charge in [-0.1, -0.05) is 11.6 Å². The summed E-state index contributed by atoms with van der Waals surface area (Å²) >= 11 is 0. The molecule has 0 aromatic carbocycles. The number of hydrogen-bond donors (Lipinski definition) is 1. The summed E-state index contributed by atoms with van der Waals surface area (Å²) in [4.78, 5) is 11.1. The maximum Gasteiger partial charge on any atom is 0.303 e. The largest absolute Gasteiger partial charge is 0.460 e. The molecule has 0 unspecified atom stereocenters. The summed E-state index contributed by atoms with van der Waals surface area (Å²) in [6.07, 6.45) is 6.00. The van der Waals surface area contributed by atoms with E-state index in [1.807, 2.05) is 13.0 Å². The van der Waals surface area contributed by atoms with E-state index < -0.39 is 11.7 Å². The molecular weight excluding hydrogens is 284 g/mol. The van der Waals surface area contributed by atoms with E-state index in [2.05, 4.69) is 0 Å². The first-order chi connectivity index (χ1) is 10.3. The Bertz CT molecular complexity index is 364. The summed E-state index contributed by atoms with van der Waals surface area (Å²) in [5.41, 5.74) is 0.107. The van der Waals surface area contributed by atoms with Crippen LogP contribution in [0.1, 0.15) is 59.8 Å². The second-order valence-corrected chi connectivity index (χ2v) is 6.47. The average Bonchev–Trinajstić information content (AvgIpc) is 2.43. The van der Waals surface area contributed by atoms with Crippen molar-refractivity contribution in [2.75, 3.05) is 13.2 Å². The molecule has 0 amide bonds. The molecule has 0 aromatic heterocycles. The molecule has 1 aliphatic rings. The summed E-state index contributed by atoms with van der Waals surface area (Å²) in [7, 11) is 0. The Morgan fingerprint density at radius 1 is 1.41 bits per heavy atom. The first-order valence-corrected chi connectivity index (χ1v) is 8.07. The highest BCUT2D eigenvalue weighted by atomic mass is 16.7. The van der Waals surface area contributed by atoms with Crippen molar-refractivity contribution in [1.29, 1.82) is 0 Å². The quantitative estimate of drug-likeness (QED) is 0.551. The highest BCUT2D eigenvalue weighted by Crippen LogP contribution is 2.20. The second-order valence-electron chi connectivity index (χ2n) is 6.47. The maximum atomic E-state index is 11.1. The number of carbonyl (C=O) groups excluding carboxylic acids is 1. The zero-order valence-electron chi connectivity index (χ0n) is 14.3. The molecule has 1 N–H and O–H groups in total. The Morgan fingerprint density at radius 3 is 2.68 bits per heavy atom. The van der Waals surface area contributed by atoms with E-state index in [-0.39, 0.29) is 12.3 Å². The van der Waals surface area contributed by atoms with Crippen molar-refractivity contribution in [2.45, 2.75) is 77.8 Å². The molecule has 1 aliphatic heterocycles. The second kappa shape index (κ2) is 9.28. The molecule has 0 radical (unpaired) electrons. The van der Waals surface area contributed by atoms with Gasteiger partial charge in [-0.15, -0.1) is 0 Å². The van der Waals surface area contributed by atoms with Gasteiger partial charge in [0.15, 0.2) is 6.29 Å². The molecule has 0 bridgehead atoms. The lowest BCUT2D eigenvalue weighted by atomic mass is 9.95. The lowest BCUT2D eigenvalue weighted by molar-refractivity contribution is -0.160. The lowest BCUT2D eigenvalue weighted by Crippen LogP contribution is -2.39. The average molecular weight is 314 g/mol. The van der Waals surface area contributed by atoms with Crippen molar-refractivity contribution in [3.63, 3.8) is 0 Å². The first kappa shape index (κ1) is 19.1. The Hall–Kier alpha value is -0.910. The van der Waals surface area contributed by atoms with Gasteiger partial charge < -0.3 is 19.3 Å². The molecule has 5 heteroatoms. The third-order valence-electron chi connectivity index (χ3n) is 3.75. The van der Waals surface area contributed by atoms with Crippen LogP contribution < -0.4 is 0 Å². The van der Waals surface area contributed by atoms with Crippen LogP contribution in [0, 0.1) is 0 Å². The molecule has 5 nitrogen and oxygen atoms in total. The highest BCUT2D eigenvalue weighted by molar-refractivity contribution is 5.66. The molecule has 0 saturated carbocycles. The van der Waals surface area contributed by atoms with Gasteiger partial charge in [0.25, 0.3) is 0 Å². The standard InChI is InChI=1S/C17H30O5/c1-13(10-12-21-16-7-5-6-11-20-16)8-9-15(17(3,4)19)22-14(2)18/h10,15-16,19H,5-9,11-12H2,1-4H3/b13-10+/t15-,16+/m0/s1. The van der Waals surface area contributed by atoms with Crippen LogP contribution in [0.3, 0.4) is 0 Å². The van der Waals surface area contributed by atoms with E-state index in [0.717, 1.165) is 37.9 Å². The Balaban J connectivity index is 2.33. The number of ether oxygens (including phenoxy) is 3. The molecule has 22 heavy (non-hydrogen) atoms. The van der Waals surface area contributed by atoms with E-state index >= 15 is 0 Å². The summed E-state index contributed by atoms with van der Waals surface area (Å²) in [6, 6.07) is 0.